The first-order valence-electron chi connectivity index (χ1n) is 10.5. The van der Waals surface area contributed by atoms with Crippen LogP contribution < -0.4 is 10.1 Å². The van der Waals surface area contributed by atoms with Crippen molar-refractivity contribution in [1.29, 1.82) is 0 Å². The van der Waals surface area contributed by atoms with E-state index in [0.29, 0.717) is 5.41 Å². The Labute approximate surface area is 160 Å². The van der Waals surface area contributed by atoms with E-state index in [1.165, 1.54) is 44.2 Å². The summed E-state index contributed by atoms with van der Waals surface area (Å²) in [5.74, 6) is 1.72. The van der Waals surface area contributed by atoms with Crippen LogP contribution >= 0.6 is 0 Å². The summed E-state index contributed by atoms with van der Waals surface area (Å²) >= 11 is 0. The van der Waals surface area contributed by atoms with Crippen LogP contribution in [0.3, 0.4) is 0 Å². The summed E-state index contributed by atoms with van der Waals surface area (Å²) in [6, 6.07) is 8.45. The number of quaternary nitrogens is 1. The summed E-state index contributed by atoms with van der Waals surface area (Å²) < 4.78 is 11.4. The molecule has 0 saturated carbocycles. The number of hydrogen-bond acceptors (Lipinski definition) is 2. The van der Waals surface area contributed by atoms with Crippen molar-refractivity contribution >= 4 is 0 Å². The largest absolute Gasteiger partial charge is 0.497 e. The Morgan fingerprint density at radius 3 is 2.54 bits per heavy atom. The number of hydrogen-bond donors (Lipinski definition) is 1. The average molecular weight is 363 g/mol. The van der Waals surface area contributed by atoms with Gasteiger partial charge in [-0.3, -0.25) is 0 Å². The topological polar surface area (TPSA) is 35.1 Å². The first-order valence-corrected chi connectivity index (χ1v) is 10.5. The van der Waals surface area contributed by atoms with Gasteiger partial charge < -0.3 is 14.8 Å². The molecule has 0 radical (unpaired) electrons. The smallest absolute Gasteiger partial charge is 0.118 e. The zero-order valence-corrected chi connectivity index (χ0v) is 17.6. The molecule has 0 aliphatic carbocycles. The van der Waals surface area contributed by atoms with E-state index in [4.69, 9.17) is 9.47 Å². The lowest BCUT2D eigenvalue weighted by molar-refractivity contribution is -0.672. The summed E-state index contributed by atoms with van der Waals surface area (Å²) in [6.45, 7) is 12.5. The van der Waals surface area contributed by atoms with Crippen LogP contribution in [0.2, 0.25) is 0 Å². The standard InChI is InChI=1S/C23H39NO2/c1-6-22(4)18-23(14-16-26-22,12-11-19(2)3)13-15-24-17-20-7-9-21(25-5)10-8-20/h7-10,19,24H,6,11-18H2,1-5H3/p+1/t22-,23-/m1/s1. The van der Waals surface area contributed by atoms with E-state index < -0.39 is 0 Å². The Hall–Kier alpha value is -1.06. The third kappa shape index (κ3) is 6.28. The van der Waals surface area contributed by atoms with E-state index in [1.807, 2.05) is 0 Å². The lowest BCUT2D eigenvalue weighted by atomic mass is 9.67. The zero-order chi connectivity index (χ0) is 19.0. The van der Waals surface area contributed by atoms with Crippen LogP contribution in [0, 0.1) is 11.3 Å². The summed E-state index contributed by atoms with van der Waals surface area (Å²) in [5, 5.41) is 2.47. The number of ether oxygens (including phenoxy) is 2. The Morgan fingerprint density at radius 2 is 1.92 bits per heavy atom. The second kappa shape index (κ2) is 9.75. The van der Waals surface area contributed by atoms with Crippen molar-refractivity contribution in [3.05, 3.63) is 29.8 Å². The predicted molar refractivity (Wildman–Crippen MR) is 108 cm³/mol. The van der Waals surface area contributed by atoms with E-state index >= 15 is 0 Å². The molecule has 0 amide bonds. The normalized spacial score (nSPS) is 26.2. The van der Waals surface area contributed by atoms with Crippen LogP contribution in [0.25, 0.3) is 0 Å². The first kappa shape index (κ1) is 21.2. The summed E-state index contributed by atoms with van der Waals surface area (Å²) in [4.78, 5) is 0. The molecule has 148 valence electrons. The molecule has 2 atom stereocenters. The lowest BCUT2D eigenvalue weighted by Gasteiger charge is -2.46. The molecule has 2 rings (SSSR count). The van der Waals surface area contributed by atoms with Crippen molar-refractivity contribution in [2.24, 2.45) is 11.3 Å². The van der Waals surface area contributed by atoms with Crippen LogP contribution in [-0.4, -0.2) is 25.9 Å². The molecule has 3 heteroatoms. The maximum Gasteiger partial charge on any atom is 0.118 e. The molecule has 1 aliphatic rings. The molecule has 1 aromatic carbocycles. The Balaban J connectivity index is 1.89. The molecule has 1 fully saturated rings. The molecule has 1 aliphatic heterocycles. The predicted octanol–water partition coefficient (Wildman–Crippen LogP) is 4.55. The highest BCUT2D eigenvalue weighted by Gasteiger charge is 2.42. The van der Waals surface area contributed by atoms with Gasteiger partial charge in [0.15, 0.2) is 0 Å². The minimum atomic E-state index is 0.0746. The van der Waals surface area contributed by atoms with Crippen molar-refractivity contribution in [1.82, 2.24) is 0 Å². The van der Waals surface area contributed by atoms with Gasteiger partial charge in [-0.05, 0) is 68.2 Å². The fourth-order valence-electron chi connectivity index (χ4n) is 4.26. The molecule has 2 N–H and O–H groups in total. The van der Waals surface area contributed by atoms with E-state index in [0.717, 1.165) is 31.2 Å². The third-order valence-corrected chi connectivity index (χ3v) is 6.25. The average Bonchev–Trinajstić information content (AvgIpc) is 2.64. The van der Waals surface area contributed by atoms with Crippen LogP contribution in [0.15, 0.2) is 24.3 Å². The molecule has 0 aromatic heterocycles. The molecule has 1 saturated heterocycles. The van der Waals surface area contributed by atoms with Gasteiger partial charge >= 0.3 is 0 Å². The summed E-state index contributed by atoms with van der Waals surface area (Å²) in [5.41, 5.74) is 1.90. The Morgan fingerprint density at radius 1 is 1.19 bits per heavy atom. The van der Waals surface area contributed by atoms with Gasteiger partial charge in [0, 0.05) is 18.6 Å². The Bertz CT molecular complexity index is 528. The van der Waals surface area contributed by atoms with Crippen molar-refractivity contribution in [3.63, 3.8) is 0 Å². The van der Waals surface area contributed by atoms with Crippen LogP contribution in [-0.2, 0) is 11.3 Å². The number of rotatable bonds is 10. The molecular weight excluding hydrogens is 322 g/mol. The first-order chi connectivity index (χ1) is 12.4. The van der Waals surface area contributed by atoms with E-state index in [9.17, 15) is 0 Å². The molecule has 26 heavy (non-hydrogen) atoms. The minimum absolute atomic E-state index is 0.0746. The highest BCUT2D eigenvalue weighted by atomic mass is 16.5. The third-order valence-electron chi connectivity index (χ3n) is 6.25. The van der Waals surface area contributed by atoms with Gasteiger partial charge in [0.25, 0.3) is 0 Å². The maximum atomic E-state index is 6.15. The van der Waals surface area contributed by atoms with Gasteiger partial charge in [0.05, 0.1) is 19.3 Å². The SMILES string of the molecule is CC[C@]1(C)C[C@@](CC[NH2+]Cc2ccc(OC)cc2)(CCC(C)C)CCO1. The van der Waals surface area contributed by atoms with Gasteiger partial charge in [0.2, 0.25) is 0 Å². The van der Waals surface area contributed by atoms with Gasteiger partial charge in [-0.15, -0.1) is 0 Å². The monoisotopic (exact) mass is 362 g/mol. The van der Waals surface area contributed by atoms with Gasteiger partial charge in [-0.1, -0.05) is 27.2 Å². The van der Waals surface area contributed by atoms with Crippen molar-refractivity contribution in [2.45, 2.75) is 78.4 Å². The molecule has 3 nitrogen and oxygen atoms in total. The molecule has 1 aromatic rings. The van der Waals surface area contributed by atoms with Gasteiger partial charge in [-0.25, -0.2) is 0 Å². The number of benzene rings is 1. The molecule has 0 unspecified atom stereocenters. The van der Waals surface area contributed by atoms with Crippen LogP contribution in [0.4, 0.5) is 0 Å². The van der Waals surface area contributed by atoms with Gasteiger partial charge in [0.1, 0.15) is 12.3 Å². The van der Waals surface area contributed by atoms with E-state index in [-0.39, 0.29) is 5.60 Å². The second-order valence-electron chi connectivity index (χ2n) is 8.89. The fourth-order valence-corrected chi connectivity index (χ4v) is 4.26. The Kier molecular flexibility index (Phi) is 7.97. The minimum Gasteiger partial charge on any atom is -0.497 e. The fraction of sp³-hybridized carbons (Fsp3) is 0.739. The lowest BCUT2D eigenvalue weighted by Crippen LogP contribution is -2.83. The van der Waals surface area contributed by atoms with E-state index in [2.05, 4.69) is 57.3 Å². The zero-order valence-electron chi connectivity index (χ0n) is 17.6. The van der Waals surface area contributed by atoms with Crippen molar-refractivity contribution < 1.29 is 14.8 Å². The maximum absolute atomic E-state index is 6.15. The van der Waals surface area contributed by atoms with Crippen molar-refractivity contribution in [3.8, 4) is 5.75 Å². The highest BCUT2D eigenvalue weighted by molar-refractivity contribution is 5.26. The molecule has 1 heterocycles. The highest BCUT2D eigenvalue weighted by Crippen LogP contribution is 2.46. The second-order valence-corrected chi connectivity index (χ2v) is 8.89. The van der Waals surface area contributed by atoms with Crippen LogP contribution in [0.1, 0.15) is 71.8 Å². The molecule has 0 bridgehead atoms. The van der Waals surface area contributed by atoms with Crippen molar-refractivity contribution in [2.75, 3.05) is 20.3 Å². The quantitative estimate of drug-likeness (QED) is 0.620. The van der Waals surface area contributed by atoms with Gasteiger partial charge in [-0.2, -0.15) is 0 Å². The molecular formula is C23H40NO2+. The van der Waals surface area contributed by atoms with E-state index in [1.54, 1.807) is 7.11 Å². The summed E-state index contributed by atoms with van der Waals surface area (Å²) in [6.07, 6.45) is 7.55. The summed E-state index contributed by atoms with van der Waals surface area (Å²) in [7, 11) is 1.72. The van der Waals surface area contributed by atoms with Crippen LogP contribution in [0.5, 0.6) is 5.75 Å². The number of nitrogens with two attached hydrogens (primary N) is 1. The number of methoxy groups -OCH3 is 1. The molecule has 0 spiro atoms.